The van der Waals surface area contributed by atoms with Gasteiger partial charge in [0, 0.05) is 147 Å². The SMILES string of the molecule is Cc1ccc2c(c1)c1cc(C)ccc1n2-c1ccnc(-c2[c-]cccc2)c1.Cc1ccc[c-]c1-c1cc(-n2c3ccccc3c3ccccc32)ccn1.Cc1cnc(-c2[c-]cccc2)cc1-n1c2ccccc2c2ccccc21.[Ir].[Ir].[Ir].[c-]1ccccc1-c1ccccn1.[c-]1ccccc1-c1ccccn1.[c-]1ccccc1-c1ccccn1. The number of pyridine rings is 6. The van der Waals surface area contributed by atoms with Gasteiger partial charge in [-0.1, -0.05) is 158 Å². The van der Waals surface area contributed by atoms with Crippen LogP contribution in [0.5, 0.6) is 0 Å². The van der Waals surface area contributed by atoms with E-state index in [1.165, 1.54) is 82.1 Å². The predicted octanol–water partition coefficient (Wildman–Crippen LogP) is 25.8. The van der Waals surface area contributed by atoms with Crippen LogP contribution in [0.3, 0.4) is 0 Å². The van der Waals surface area contributed by atoms with Crippen molar-refractivity contribution in [2.45, 2.75) is 27.7 Å². The van der Waals surface area contributed by atoms with Gasteiger partial charge in [-0.25, -0.2) is 0 Å². The summed E-state index contributed by atoms with van der Waals surface area (Å²) < 4.78 is 6.99. The van der Waals surface area contributed by atoms with Crippen molar-refractivity contribution in [1.82, 2.24) is 43.6 Å². The molecule has 0 spiro atoms. The van der Waals surface area contributed by atoms with E-state index in [0.717, 1.165) is 90.2 Å². The van der Waals surface area contributed by atoms with Gasteiger partial charge in [0.2, 0.25) is 0 Å². The summed E-state index contributed by atoms with van der Waals surface area (Å²) in [6.45, 7) is 8.51. The maximum absolute atomic E-state index is 4.63. The predicted molar refractivity (Wildman–Crippen MR) is 473 cm³/mol. The van der Waals surface area contributed by atoms with Crippen LogP contribution < -0.4 is 0 Å². The number of hydrogen-bond acceptors (Lipinski definition) is 6. The first-order chi connectivity index (χ1) is 56.8. The largest absolute Gasteiger partial charge is 0.310 e. The van der Waals surface area contributed by atoms with E-state index in [1.54, 1.807) is 18.6 Å². The van der Waals surface area contributed by atoms with Crippen LogP contribution in [0, 0.1) is 64.1 Å². The van der Waals surface area contributed by atoms with Crippen molar-refractivity contribution >= 4 is 65.4 Å². The Hall–Kier alpha value is -13.1. The molecule has 118 heavy (non-hydrogen) atoms. The van der Waals surface area contributed by atoms with E-state index in [0.29, 0.717) is 0 Å². The van der Waals surface area contributed by atoms with Gasteiger partial charge < -0.3 is 43.6 Å². The van der Waals surface area contributed by atoms with Gasteiger partial charge in [-0.2, -0.15) is 0 Å². The van der Waals surface area contributed by atoms with Crippen LogP contribution in [0.4, 0.5) is 0 Å². The Morgan fingerprint density at radius 1 is 0.220 bits per heavy atom. The Morgan fingerprint density at radius 2 is 0.542 bits per heavy atom. The van der Waals surface area contributed by atoms with Crippen LogP contribution in [0.25, 0.3) is 150 Å². The van der Waals surface area contributed by atoms with Crippen molar-refractivity contribution in [2.75, 3.05) is 0 Å². The molecule has 0 saturated carbocycles. The zero-order valence-electron chi connectivity index (χ0n) is 65.1. The van der Waals surface area contributed by atoms with E-state index >= 15 is 0 Å². The molecule has 0 N–H and O–H groups in total. The Morgan fingerprint density at radius 3 is 0.915 bits per heavy atom. The smallest absolute Gasteiger partial charge is 0.0540 e. The summed E-state index contributed by atoms with van der Waals surface area (Å²) in [5.41, 5.74) is 27.5. The second kappa shape index (κ2) is 40.0. The van der Waals surface area contributed by atoms with Crippen molar-refractivity contribution in [2.24, 2.45) is 0 Å². The molecule has 21 aromatic rings. The molecule has 0 bridgehead atoms. The maximum atomic E-state index is 4.63. The van der Waals surface area contributed by atoms with Crippen molar-refractivity contribution in [3.8, 4) is 84.6 Å². The summed E-state index contributed by atoms with van der Waals surface area (Å²) in [6.07, 6.45) is 11.1. The standard InChI is InChI=1S/C25H19N2.2C24H17N2.3C11H8N.3Ir/c1-17-8-10-24-21(14-17)22-15-18(2)9-11-25(22)27(24)20-12-13-26-23(16-20)19-6-4-3-5-7-19;1-17-8-2-3-9-19(17)22-16-18(14-15-25-22)26-23-12-6-4-10-20(23)21-11-5-7-13-24(21)26;1-17-16-25-21(18-9-3-2-4-10-18)15-24(17)26-22-13-7-5-11-19(22)20-12-6-8-14-23(20)26;3*1-2-6-10(7-3-1)11-8-4-5-9-12-11;;;/h3-6,8-16H,1-2H3;2-8,10-16H,1H3;2-9,11-16H,1H3;3*1-6,8-9H;;;/q6*-1;;;. The van der Waals surface area contributed by atoms with Crippen LogP contribution in [-0.4, -0.2) is 43.6 Å². The third-order valence-corrected chi connectivity index (χ3v) is 19.8. The van der Waals surface area contributed by atoms with Gasteiger partial charge in [-0.15, -0.1) is 215 Å². The van der Waals surface area contributed by atoms with Gasteiger partial charge in [0.1, 0.15) is 0 Å². The molecule has 3 radical (unpaired) electrons. The number of aromatic nitrogens is 9. The molecule has 9 aromatic heterocycles. The minimum atomic E-state index is 0. The molecule has 0 atom stereocenters. The van der Waals surface area contributed by atoms with E-state index in [9.17, 15) is 0 Å². The monoisotopic (exact) mass is 2050 g/mol. The minimum absolute atomic E-state index is 0. The van der Waals surface area contributed by atoms with Crippen molar-refractivity contribution in [1.29, 1.82) is 0 Å². The fourth-order valence-corrected chi connectivity index (χ4v) is 14.3. The fourth-order valence-electron chi connectivity index (χ4n) is 14.3. The van der Waals surface area contributed by atoms with E-state index in [1.807, 2.05) is 207 Å². The van der Waals surface area contributed by atoms with Crippen molar-refractivity contribution in [3.63, 3.8) is 0 Å². The summed E-state index contributed by atoms with van der Waals surface area (Å²) >= 11 is 0. The zero-order valence-corrected chi connectivity index (χ0v) is 72.2. The zero-order chi connectivity index (χ0) is 78.1. The Labute approximate surface area is 729 Å². The molecule has 0 aliphatic rings. The van der Waals surface area contributed by atoms with Crippen molar-refractivity contribution in [3.05, 3.63) is 454 Å². The maximum Gasteiger partial charge on any atom is 0.0540 e. The van der Waals surface area contributed by atoms with Crippen molar-refractivity contribution < 1.29 is 60.3 Å². The molecule has 579 valence electrons. The number of hydrogen-bond donors (Lipinski definition) is 0. The first-order valence-corrected chi connectivity index (χ1v) is 38.2. The molecular weight excluding hydrogens is 1980 g/mol. The summed E-state index contributed by atoms with van der Waals surface area (Å²) in [5, 5.41) is 7.66. The Kier molecular flexibility index (Phi) is 28.1. The van der Waals surface area contributed by atoms with E-state index in [-0.39, 0.29) is 60.3 Å². The van der Waals surface area contributed by atoms with Gasteiger partial charge in [0.15, 0.2) is 0 Å². The summed E-state index contributed by atoms with van der Waals surface area (Å²) in [5.74, 6) is 0. The second-order valence-corrected chi connectivity index (χ2v) is 27.5. The Balaban J connectivity index is 0.000000126. The summed E-state index contributed by atoms with van der Waals surface area (Å²) in [4.78, 5) is 26.4. The third kappa shape index (κ3) is 19.0. The Bertz CT molecular complexity index is 6350. The van der Waals surface area contributed by atoms with Crippen LogP contribution in [0.15, 0.2) is 395 Å². The van der Waals surface area contributed by atoms with Gasteiger partial charge in [-0.3, -0.25) is 0 Å². The van der Waals surface area contributed by atoms with Gasteiger partial charge >= 0.3 is 0 Å². The molecule has 0 unspecified atom stereocenters. The molecule has 0 saturated heterocycles. The molecule has 12 aromatic carbocycles. The third-order valence-electron chi connectivity index (χ3n) is 19.8. The first-order valence-electron chi connectivity index (χ1n) is 38.2. The minimum Gasteiger partial charge on any atom is -0.310 e. The number of rotatable bonds is 9. The van der Waals surface area contributed by atoms with E-state index in [4.69, 9.17) is 0 Å². The van der Waals surface area contributed by atoms with Crippen LogP contribution >= 0.6 is 0 Å². The molecular formula is C106H77Ir3N9-6. The molecule has 9 heterocycles. The molecule has 12 heteroatoms. The number of fused-ring (bicyclic) bond motifs is 9. The fraction of sp³-hybridized carbons (Fsp3) is 0.0377. The van der Waals surface area contributed by atoms with E-state index in [2.05, 4.69) is 278 Å². The molecule has 0 aliphatic heterocycles. The molecule has 21 rings (SSSR count). The average Bonchev–Trinajstić information content (AvgIpc) is 1.61. The second-order valence-electron chi connectivity index (χ2n) is 27.5. The molecule has 0 aliphatic carbocycles. The number of nitrogens with zero attached hydrogens (tertiary/aromatic N) is 9. The van der Waals surface area contributed by atoms with E-state index < -0.39 is 0 Å². The van der Waals surface area contributed by atoms with Crippen LogP contribution in [-0.2, 0) is 60.3 Å². The molecule has 0 amide bonds. The number of aryl methyl sites for hydroxylation is 4. The van der Waals surface area contributed by atoms with Crippen LogP contribution in [0.1, 0.15) is 22.3 Å². The van der Waals surface area contributed by atoms with Crippen LogP contribution in [0.2, 0.25) is 0 Å². The quantitative estimate of drug-likeness (QED) is 0.134. The topological polar surface area (TPSA) is 92.1 Å². The number of benzene rings is 12. The normalized spacial score (nSPS) is 10.5. The average molecular weight is 2050 g/mol. The van der Waals surface area contributed by atoms with Gasteiger partial charge in [-0.05, 0) is 139 Å². The summed E-state index contributed by atoms with van der Waals surface area (Å²) in [6, 6.07) is 141. The molecule has 9 nitrogen and oxygen atoms in total. The van der Waals surface area contributed by atoms with Gasteiger partial charge in [0.25, 0.3) is 0 Å². The molecule has 0 fully saturated rings. The van der Waals surface area contributed by atoms with Gasteiger partial charge in [0.05, 0.1) is 33.1 Å². The number of para-hydroxylation sites is 4. The summed E-state index contributed by atoms with van der Waals surface area (Å²) in [7, 11) is 0. The first kappa shape index (κ1) is 82.9.